The Morgan fingerprint density at radius 3 is 2.41 bits per heavy atom. The maximum atomic E-state index is 12.3. The molecule has 0 bridgehead atoms. The molecule has 0 aliphatic carbocycles. The van der Waals surface area contributed by atoms with Gasteiger partial charge in [0.1, 0.15) is 11.6 Å². The quantitative estimate of drug-likeness (QED) is 0.304. The van der Waals surface area contributed by atoms with Crippen LogP contribution in [0.2, 0.25) is 0 Å². The summed E-state index contributed by atoms with van der Waals surface area (Å²) in [4.78, 5) is 26.9. The van der Waals surface area contributed by atoms with Gasteiger partial charge in [-0.15, -0.1) is 0 Å². The second-order valence-electron chi connectivity index (χ2n) is 9.71. The lowest BCUT2D eigenvalue weighted by Gasteiger charge is -2.32. The monoisotopic (exact) mass is 566 g/mol. The summed E-state index contributed by atoms with van der Waals surface area (Å²) >= 11 is 0. The van der Waals surface area contributed by atoms with Crippen molar-refractivity contribution < 1.29 is 28.8 Å². The van der Waals surface area contributed by atoms with E-state index < -0.39 is 6.09 Å². The molecule has 0 saturated carbocycles. The van der Waals surface area contributed by atoms with Crippen molar-refractivity contribution in [3.8, 4) is 23.0 Å². The van der Waals surface area contributed by atoms with Crippen molar-refractivity contribution in [2.24, 2.45) is 0 Å². The van der Waals surface area contributed by atoms with Crippen molar-refractivity contribution >= 4 is 29.2 Å². The van der Waals surface area contributed by atoms with Crippen molar-refractivity contribution in [1.82, 2.24) is 19.8 Å². The number of aromatic nitrogens is 2. The molecule has 12 heteroatoms. The highest BCUT2D eigenvalue weighted by Crippen LogP contribution is 2.41. The van der Waals surface area contributed by atoms with E-state index in [0.29, 0.717) is 41.0 Å². The van der Waals surface area contributed by atoms with E-state index in [-0.39, 0.29) is 11.8 Å². The van der Waals surface area contributed by atoms with Gasteiger partial charge >= 0.3 is 6.09 Å². The minimum atomic E-state index is -1.21. The van der Waals surface area contributed by atoms with Crippen LogP contribution in [0.25, 0.3) is 0 Å². The molecule has 1 amide bonds. The molecule has 0 radical (unpaired) electrons. The van der Waals surface area contributed by atoms with E-state index in [1.54, 1.807) is 38.5 Å². The van der Waals surface area contributed by atoms with Crippen LogP contribution in [0, 0.1) is 6.92 Å². The molecule has 0 unspecified atom stereocenters. The molecule has 2 heterocycles. The SMILES string of the molecule is COc1cc(C)ccc1N(C(=O)O)c1ccnc(Nc2cc(OC)c(OC)c(OCCCN3CCN(C)CC3)c2)n1. The number of piperazine rings is 1. The molecule has 2 N–H and O–H groups in total. The summed E-state index contributed by atoms with van der Waals surface area (Å²) in [6.45, 7) is 7.63. The minimum absolute atomic E-state index is 0.151. The largest absolute Gasteiger partial charge is 0.495 e. The molecule has 220 valence electrons. The number of carbonyl (C=O) groups is 1. The van der Waals surface area contributed by atoms with Crippen molar-refractivity contribution in [2.45, 2.75) is 13.3 Å². The van der Waals surface area contributed by atoms with Crippen LogP contribution in [0.1, 0.15) is 12.0 Å². The molecule has 1 aromatic heterocycles. The predicted molar refractivity (Wildman–Crippen MR) is 157 cm³/mol. The maximum Gasteiger partial charge on any atom is 0.417 e. The molecule has 1 aliphatic rings. The molecule has 41 heavy (non-hydrogen) atoms. The van der Waals surface area contributed by atoms with Crippen LogP contribution >= 0.6 is 0 Å². The maximum absolute atomic E-state index is 12.3. The van der Waals surface area contributed by atoms with E-state index in [4.69, 9.17) is 18.9 Å². The van der Waals surface area contributed by atoms with Crippen molar-refractivity contribution in [3.63, 3.8) is 0 Å². The van der Waals surface area contributed by atoms with Gasteiger partial charge in [-0.05, 0) is 38.1 Å². The minimum Gasteiger partial charge on any atom is -0.495 e. The van der Waals surface area contributed by atoms with E-state index in [1.807, 2.05) is 13.0 Å². The topological polar surface area (TPSA) is 122 Å². The number of nitrogens with one attached hydrogen (secondary N) is 1. The van der Waals surface area contributed by atoms with Gasteiger partial charge in [-0.1, -0.05) is 6.07 Å². The predicted octanol–water partition coefficient (Wildman–Crippen LogP) is 4.39. The molecule has 0 spiro atoms. The average Bonchev–Trinajstić information content (AvgIpc) is 2.96. The zero-order valence-electron chi connectivity index (χ0n) is 24.2. The van der Waals surface area contributed by atoms with Crippen molar-refractivity contribution in [2.75, 3.05) is 77.9 Å². The summed E-state index contributed by atoms with van der Waals surface area (Å²) in [6.07, 6.45) is 1.14. The van der Waals surface area contributed by atoms with Gasteiger partial charge in [0, 0.05) is 62.8 Å². The fourth-order valence-electron chi connectivity index (χ4n) is 4.61. The van der Waals surface area contributed by atoms with Crippen molar-refractivity contribution in [3.05, 3.63) is 48.2 Å². The summed E-state index contributed by atoms with van der Waals surface area (Å²) in [5.74, 6) is 2.22. The van der Waals surface area contributed by atoms with Gasteiger partial charge in [0.2, 0.25) is 11.7 Å². The number of hydrogen-bond donors (Lipinski definition) is 2. The van der Waals surface area contributed by atoms with E-state index in [1.165, 1.54) is 19.4 Å². The Morgan fingerprint density at radius 2 is 1.73 bits per heavy atom. The van der Waals surface area contributed by atoms with E-state index in [2.05, 4.69) is 32.1 Å². The smallest absolute Gasteiger partial charge is 0.417 e. The lowest BCUT2D eigenvalue weighted by atomic mass is 10.2. The number of hydrogen-bond acceptors (Lipinski definition) is 10. The average molecular weight is 567 g/mol. The normalized spacial score (nSPS) is 13.9. The first-order valence-electron chi connectivity index (χ1n) is 13.4. The number of likely N-dealkylation sites (N-methyl/N-ethyl adjacent to an activating group) is 1. The number of methoxy groups -OCH3 is 3. The summed E-state index contributed by atoms with van der Waals surface area (Å²) in [5, 5.41) is 13.2. The van der Waals surface area contributed by atoms with Crippen LogP contribution in [0.5, 0.6) is 23.0 Å². The van der Waals surface area contributed by atoms with Crippen molar-refractivity contribution in [1.29, 1.82) is 0 Å². The highest BCUT2D eigenvalue weighted by molar-refractivity contribution is 5.95. The van der Waals surface area contributed by atoms with Crippen LogP contribution in [-0.2, 0) is 0 Å². The fraction of sp³-hybridized carbons (Fsp3) is 0.414. The first-order chi connectivity index (χ1) is 19.8. The standard InChI is InChI=1S/C29H38N6O6/c1-20-7-8-22(23(17-20)38-3)35(29(36)37)26-9-10-30-28(32-26)31-21-18-24(39-4)27(40-5)25(19-21)41-16-6-11-34-14-12-33(2)13-15-34/h7-10,17-19H,6,11-16H2,1-5H3,(H,36,37)(H,30,31,32). The van der Waals surface area contributed by atoms with Crippen LogP contribution < -0.4 is 29.2 Å². The number of amides is 1. The molecule has 2 aromatic carbocycles. The third-order valence-electron chi connectivity index (χ3n) is 6.81. The van der Waals surface area contributed by atoms with Crippen LogP contribution in [0.3, 0.4) is 0 Å². The Balaban J connectivity index is 1.52. The lowest BCUT2D eigenvalue weighted by molar-refractivity contribution is 0.145. The summed E-state index contributed by atoms with van der Waals surface area (Å²) in [6, 6.07) is 10.3. The molecule has 4 rings (SSSR count). The van der Waals surface area contributed by atoms with Crippen LogP contribution in [-0.4, -0.2) is 98.7 Å². The molecule has 12 nitrogen and oxygen atoms in total. The Labute approximate surface area is 240 Å². The second kappa shape index (κ2) is 13.9. The number of rotatable bonds is 12. The first kappa shape index (κ1) is 29.7. The van der Waals surface area contributed by atoms with Gasteiger partial charge in [0.25, 0.3) is 0 Å². The number of ether oxygens (including phenoxy) is 4. The zero-order chi connectivity index (χ0) is 29.4. The third kappa shape index (κ3) is 7.47. The van der Waals surface area contributed by atoms with Gasteiger partial charge in [-0.2, -0.15) is 4.98 Å². The highest BCUT2D eigenvalue weighted by Gasteiger charge is 2.23. The number of nitrogens with zero attached hydrogens (tertiary/aromatic N) is 5. The first-order valence-corrected chi connectivity index (χ1v) is 13.4. The zero-order valence-corrected chi connectivity index (χ0v) is 24.2. The lowest BCUT2D eigenvalue weighted by Crippen LogP contribution is -2.44. The number of benzene rings is 2. The molecule has 0 atom stereocenters. The van der Waals surface area contributed by atoms with Gasteiger partial charge in [0.05, 0.1) is 33.6 Å². The molecule has 1 aliphatic heterocycles. The summed E-state index contributed by atoms with van der Waals surface area (Å²) < 4.78 is 22.7. The van der Waals surface area contributed by atoms with Gasteiger partial charge in [0.15, 0.2) is 11.5 Å². The molecular formula is C29H38N6O6. The Morgan fingerprint density at radius 1 is 1.00 bits per heavy atom. The van der Waals surface area contributed by atoms with E-state index in [0.717, 1.165) is 49.6 Å². The van der Waals surface area contributed by atoms with E-state index >= 15 is 0 Å². The van der Waals surface area contributed by atoms with Crippen LogP contribution in [0.15, 0.2) is 42.6 Å². The van der Waals surface area contributed by atoms with Gasteiger partial charge in [-0.25, -0.2) is 14.7 Å². The fourth-order valence-corrected chi connectivity index (χ4v) is 4.61. The summed E-state index contributed by atoms with van der Waals surface area (Å²) in [7, 11) is 6.75. The molecule has 1 saturated heterocycles. The van der Waals surface area contributed by atoms with Gasteiger partial charge in [-0.3, -0.25) is 0 Å². The van der Waals surface area contributed by atoms with Gasteiger partial charge < -0.3 is 39.2 Å². The number of carboxylic acid groups (broad SMARTS) is 1. The highest BCUT2D eigenvalue weighted by atomic mass is 16.5. The third-order valence-corrected chi connectivity index (χ3v) is 6.81. The second-order valence-corrected chi connectivity index (χ2v) is 9.71. The van der Waals surface area contributed by atoms with Crippen LogP contribution in [0.4, 0.5) is 27.9 Å². The Bertz CT molecular complexity index is 1330. The number of anilines is 4. The number of aryl methyl sites for hydroxylation is 1. The Kier molecular flexibility index (Phi) is 10.0. The molecule has 3 aromatic rings. The molecular weight excluding hydrogens is 528 g/mol. The Hall–Kier alpha value is -4.29. The van der Waals surface area contributed by atoms with E-state index in [9.17, 15) is 9.90 Å². The summed E-state index contributed by atoms with van der Waals surface area (Å²) in [5.41, 5.74) is 1.86. The molecule has 1 fully saturated rings.